The predicted molar refractivity (Wildman–Crippen MR) is 104 cm³/mol. The molecule has 1 aliphatic heterocycles. The molecule has 0 atom stereocenters. The van der Waals surface area contributed by atoms with Crippen molar-refractivity contribution in [3.05, 3.63) is 52.1 Å². The Bertz CT molecular complexity index is 1010. The first-order chi connectivity index (χ1) is 13.0. The second-order valence-electron chi connectivity index (χ2n) is 5.99. The van der Waals surface area contributed by atoms with Gasteiger partial charge in [0, 0.05) is 29.2 Å². The lowest BCUT2D eigenvalue weighted by Crippen LogP contribution is -2.25. The highest BCUT2D eigenvalue weighted by molar-refractivity contribution is 7.13. The summed E-state index contributed by atoms with van der Waals surface area (Å²) in [6.07, 6.45) is 1.56. The predicted octanol–water partition coefficient (Wildman–Crippen LogP) is 3.06. The van der Waals surface area contributed by atoms with Crippen LogP contribution in [0.4, 0.5) is 5.13 Å². The van der Waals surface area contributed by atoms with Crippen LogP contribution in [0, 0.1) is 0 Å². The van der Waals surface area contributed by atoms with Crippen molar-refractivity contribution in [1.82, 2.24) is 9.97 Å². The zero-order chi connectivity index (χ0) is 19.0. The molecule has 3 N–H and O–H groups in total. The average Bonchev–Trinajstić information content (AvgIpc) is 3.04. The number of thiazole rings is 1. The number of hydrogen-bond donors (Lipinski definition) is 2. The fourth-order valence-corrected chi connectivity index (χ4v) is 3.83. The Balaban J connectivity index is 1.70. The maximum Gasteiger partial charge on any atom is 0.268 e. The van der Waals surface area contributed by atoms with E-state index >= 15 is 0 Å². The zero-order valence-electron chi connectivity index (χ0n) is 14.1. The van der Waals surface area contributed by atoms with Gasteiger partial charge in [0.15, 0.2) is 16.6 Å². The minimum absolute atomic E-state index is 0.0538. The molecule has 2 aromatic heterocycles. The highest BCUT2D eigenvalue weighted by Crippen LogP contribution is 2.38. The molecule has 4 rings (SSSR count). The van der Waals surface area contributed by atoms with Crippen LogP contribution < -0.4 is 15.4 Å². The highest BCUT2D eigenvalue weighted by atomic mass is 35.5. The number of carbonyl (C=O) groups excluding carboxylic acids is 1. The summed E-state index contributed by atoms with van der Waals surface area (Å²) in [5.74, 6) is -0.0577. The van der Waals surface area contributed by atoms with Crippen molar-refractivity contribution >= 4 is 34.0 Å². The Morgan fingerprint density at radius 1 is 1.37 bits per heavy atom. The van der Waals surface area contributed by atoms with E-state index in [0.717, 1.165) is 11.1 Å². The van der Waals surface area contributed by atoms with E-state index in [1.54, 1.807) is 29.8 Å². The molecule has 0 unspecified atom stereocenters. The Kier molecular flexibility index (Phi) is 4.59. The summed E-state index contributed by atoms with van der Waals surface area (Å²) >= 11 is 7.24. The van der Waals surface area contributed by atoms with Crippen molar-refractivity contribution in [1.29, 1.82) is 0 Å². The van der Waals surface area contributed by atoms with Gasteiger partial charge in [0.1, 0.15) is 12.3 Å². The second kappa shape index (κ2) is 7.05. The van der Waals surface area contributed by atoms with Gasteiger partial charge in [-0.3, -0.25) is 9.78 Å². The number of amides is 1. The van der Waals surface area contributed by atoms with E-state index in [1.807, 2.05) is 11.0 Å². The molecule has 0 bridgehead atoms. The smallest absolute Gasteiger partial charge is 0.268 e. The third kappa shape index (κ3) is 3.54. The van der Waals surface area contributed by atoms with Crippen molar-refractivity contribution < 1.29 is 14.6 Å². The zero-order valence-corrected chi connectivity index (χ0v) is 15.6. The maximum atomic E-state index is 11.3. The number of pyridine rings is 1. The van der Waals surface area contributed by atoms with Gasteiger partial charge < -0.3 is 20.5 Å². The summed E-state index contributed by atoms with van der Waals surface area (Å²) in [5.41, 5.74) is 7.78. The number of benzene rings is 1. The van der Waals surface area contributed by atoms with Crippen LogP contribution in [0.15, 0.2) is 35.8 Å². The van der Waals surface area contributed by atoms with Crippen molar-refractivity contribution in [2.24, 2.45) is 5.73 Å². The molecular formula is C18H15ClN4O3S. The Morgan fingerprint density at radius 2 is 2.22 bits per heavy atom. The lowest BCUT2D eigenvalue weighted by Gasteiger charge is -2.18. The molecule has 1 aromatic carbocycles. The average molecular weight is 403 g/mol. The van der Waals surface area contributed by atoms with Crippen LogP contribution in [0.3, 0.4) is 0 Å². The third-order valence-corrected chi connectivity index (χ3v) is 5.28. The number of rotatable bonds is 3. The van der Waals surface area contributed by atoms with Crippen molar-refractivity contribution in [3.63, 3.8) is 0 Å². The van der Waals surface area contributed by atoms with Crippen LogP contribution in [0.5, 0.6) is 11.5 Å². The van der Waals surface area contributed by atoms with Gasteiger partial charge in [0.05, 0.1) is 17.3 Å². The van der Waals surface area contributed by atoms with Crippen LogP contribution in [0.1, 0.15) is 16.1 Å². The number of aromatic nitrogens is 2. The number of phenolic OH excluding ortho intramolecular Hbond substituents is 1. The Labute approximate surface area is 164 Å². The van der Waals surface area contributed by atoms with Gasteiger partial charge in [-0.05, 0) is 24.3 Å². The topological polar surface area (TPSA) is 102 Å². The molecule has 0 spiro atoms. The molecule has 27 heavy (non-hydrogen) atoms. The minimum Gasteiger partial charge on any atom is -0.504 e. The fourth-order valence-electron chi connectivity index (χ4n) is 2.88. The minimum atomic E-state index is -0.558. The maximum absolute atomic E-state index is 11.3. The fraction of sp³-hybridized carbons (Fsp3) is 0.167. The van der Waals surface area contributed by atoms with Gasteiger partial charge in [-0.2, -0.15) is 0 Å². The van der Waals surface area contributed by atoms with Crippen LogP contribution in [0.25, 0.3) is 11.3 Å². The standard InChI is InChI=1S/C18H15ClN4O3S/c19-12-1-2-13(21-7-12)10-5-11-8-23(3-4-26-16(11)15(24)6-10)18-22-14(9-27-18)17(20)25/h1-2,5-7,9,24H,3-4,8H2,(H2,20,25). The van der Waals surface area contributed by atoms with Gasteiger partial charge in [-0.25, -0.2) is 4.98 Å². The third-order valence-electron chi connectivity index (χ3n) is 4.15. The number of phenols is 1. The van der Waals surface area contributed by atoms with E-state index in [2.05, 4.69) is 9.97 Å². The normalized spacial score (nSPS) is 13.6. The Morgan fingerprint density at radius 3 is 2.93 bits per heavy atom. The summed E-state index contributed by atoms with van der Waals surface area (Å²) in [7, 11) is 0. The monoisotopic (exact) mass is 402 g/mol. The first kappa shape index (κ1) is 17.6. The quantitative estimate of drug-likeness (QED) is 0.698. The van der Waals surface area contributed by atoms with Gasteiger partial charge >= 0.3 is 0 Å². The first-order valence-corrected chi connectivity index (χ1v) is 9.38. The summed E-state index contributed by atoms with van der Waals surface area (Å²) in [6, 6.07) is 7.08. The number of nitrogens with two attached hydrogens (primary N) is 1. The number of primary amides is 1. The number of carbonyl (C=O) groups is 1. The number of aromatic hydroxyl groups is 1. The largest absolute Gasteiger partial charge is 0.504 e. The molecule has 0 fully saturated rings. The van der Waals surface area contributed by atoms with Gasteiger partial charge in [0.2, 0.25) is 0 Å². The number of fused-ring (bicyclic) bond motifs is 1. The number of nitrogens with zero attached hydrogens (tertiary/aromatic N) is 3. The summed E-state index contributed by atoms with van der Waals surface area (Å²) in [4.78, 5) is 21.9. The molecule has 3 heterocycles. The molecule has 1 aliphatic rings. The molecule has 1 amide bonds. The molecule has 0 aliphatic carbocycles. The van der Waals surface area contributed by atoms with Gasteiger partial charge in [-0.1, -0.05) is 11.6 Å². The molecular weight excluding hydrogens is 388 g/mol. The van der Waals surface area contributed by atoms with E-state index < -0.39 is 5.91 Å². The molecule has 9 heteroatoms. The van der Waals surface area contributed by atoms with Crippen LogP contribution >= 0.6 is 22.9 Å². The lowest BCUT2D eigenvalue weighted by molar-refractivity contribution is 0.0996. The first-order valence-electron chi connectivity index (χ1n) is 8.12. The Hall–Kier alpha value is -2.84. The summed E-state index contributed by atoms with van der Waals surface area (Å²) in [6.45, 7) is 1.41. The highest BCUT2D eigenvalue weighted by Gasteiger charge is 2.22. The van der Waals surface area contributed by atoms with E-state index in [4.69, 9.17) is 22.1 Å². The molecule has 3 aromatic rings. The molecule has 0 saturated heterocycles. The second-order valence-corrected chi connectivity index (χ2v) is 7.27. The van der Waals surface area contributed by atoms with E-state index in [0.29, 0.717) is 41.3 Å². The van der Waals surface area contributed by atoms with Gasteiger partial charge in [0.25, 0.3) is 5.91 Å². The van der Waals surface area contributed by atoms with E-state index in [9.17, 15) is 9.90 Å². The van der Waals surface area contributed by atoms with E-state index in [1.165, 1.54) is 11.3 Å². The molecule has 0 saturated carbocycles. The van der Waals surface area contributed by atoms with Crippen molar-refractivity contribution in [2.45, 2.75) is 6.54 Å². The van der Waals surface area contributed by atoms with Crippen molar-refractivity contribution in [2.75, 3.05) is 18.1 Å². The summed E-state index contributed by atoms with van der Waals surface area (Å²) < 4.78 is 5.75. The summed E-state index contributed by atoms with van der Waals surface area (Å²) in [5, 5.41) is 13.3. The molecule has 0 radical (unpaired) electrons. The molecule has 138 valence electrons. The number of anilines is 1. The van der Waals surface area contributed by atoms with Crippen molar-refractivity contribution in [3.8, 4) is 22.8 Å². The lowest BCUT2D eigenvalue weighted by atomic mass is 10.1. The van der Waals surface area contributed by atoms with Crippen LogP contribution in [0.2, 0.25) is 5.02 Å². The molecule has 7 nitrogen and oxygen atoms in total. The van der Waals surface area contributed by atoms with Crippen LogP contribution in [-0.4, -0.2) is 34.1 Å². The number of ether oxygens (including phenoxy) is 1. The SMILES string of the molecule is NC(=O)c1csc(N2CCOc3c(O)cc(-c4ccc(Cl)cn4)cc3C2)n1. The van der Waals surface area contributed by atoms with E-state index in [-0.39, 0.29) is 11.4 Å². The van der Waals surface area contributed by atoms with Crippen LogP contribution in [-0.2, 0) is 6.54 Å². The number of halogens is 1. The van der Waals surface area contributed by atoms with Gasteiger partial charge in [-0.15, -0.1) is 11.3 Å². The number of hydrogen-bond acceptors (Lipinski definition) is 7.